The second-order valence-corrected chi connectivity index (χ2v) is 12.4. The van der Waals surface area contributed by atoms with Crippen LogP contribution in [0.2, 0.25) is 12.1 Å². The summed E-state index contributed by atoms with van der Waals surface area (Å²) in [6, 6.07) is 23.8. The molecule has 0 unspecified atom stereocenters. The lowest BCUT2D eigenvalue weighted by atomic mass is 10.1. The summed E-state index contributed by atoms with van der Waals surface area (Å²) in [5, 5.41) is 3.52. The van der Waals surface area contributed by atoms with Crippen LogP contribution in [-0.4, -0.2) is 28.6 Å². The van der Waals surface area contributed by atoms with E-state index in [4.69, 9.17) is 0 Å². The monoisotopic (exact) mass is 422 g/mol. The molecule has 0 aliphatic heterocycles. The molecule has 0 N–H and O–H groups in total. The van der Waals surface area contributed by atoms with E-state index in [1.165, 1.54) is 15.1 Å². The summed E-state index contributed by atoms with van der Waals surface area (Å²) >= 11 is 0. The number of rotatable bonds is 7. The molecular weight excluding hydrogens is 394 g/mol. The van der Waals surface area contributed by atoms with Crippen molar-refractivity contribution in [3.05, 3.63) is 84.1 Å². The summed E-state index contributed by atoms with van der Waals surface area (Å²) in [7, 11) is -2.81. The number of aryl methyl sites for hydroxylation is 1. The predicted molar refractivity (Wildman–Crippen MR) is 125 cm³/mol. The Balaban J connectivity index is 2.07. The highest BCUT2D eigenvalue weighted by molar-refractivity contribution is 7.89. The summed E-state index contributed by atoms with van der Waals surface area (Å²) in [6.45, 7) is 6.34. The van der Waals surface area contributed by atoms with Gasteiger partial charge in [0.05, 0.1) is 13.7 Å². The van der Waals surface area contributed by atoms with Crippen molar-refractivity contribution in [2.75, 3.05) is 7.05 Å². The number of hydrogen-bond acceptors (Lipinski definition) is 2. The number of benzene rings is 3. The van der Waals surface area contributed by atoms with Crippen molar-refractivity contribution in [2.24, 2.45) is 0 Å². The van der Waals surface area contributed by atoms with Gasteiger partial charge in [-0.1, -0.05) is 80.0 Å². The fraction of sp³-hybridized carbons (Fsp3) is 0.250. The van der Waals surface area contributed by atoms with E-state index in [2.05, 4.69) is 44.2 Å². The van der Waals surface area contributed by atoms with Crippen LogP contribution in [0.25, 0.3) is 16.0 Å². The molecule has 0 fully saturated rings. The molecular formula is C24H28NO2SSi. The summed E-state index contributed by atoms with van der Waals surface area (Å²) in [5.74, 6) is 0. The first kappa shape index (κ1) is 21.3. The molecule has 3 nitrogen and oxygen atoms in total. The Bertz CT molecular complexity index is 1120. The highest BCUT2D eigenvalue weighted by Crippen LogP contribution is 2.28. The van der Waals surface area contributed by atoms with Gasteiger partial charge in [-0.15, -0.1) is 0 Å². The zero-order valence-electron chi connectivity index (χ0n) is 17.5. The fourth-order valence-corrected chi connectivity index (χ4v) is 6.84. The lowest BCUT2D eigenvalue weighted by Crippen LogP contribution is -2.24. The Labute approximate surface area is 176 Å². The van der Waals surface area contributed by atoms with Crippen molar-refractivity contribution in [3.63, 3.8) is 0 Å². The van der Waals surface area contributed by atoms with Crippen LogP contribution in [0.1, 0.15) is 25.0 Å². The van der Waals surface area contributed by atoms with Gasteiger partial charge in [-0.25, -0.2) is 8.42 Å². The molecule has 0 saturated carbocycles. The molecule has 3 rings (SSSR count). The summed E-state index contributed by atoms with van der Waals surface area (Å²) < 4.78 is 27.6. The molecule has 1 radical (unpaired) electrons. The minimum Gasteiger partial charge on any atom is -0.277 e. The largest absolute Gasteiger partial charge is 0.277 e. The van der Waals surface area contributed by atoms with E-state index in [-0.39, 0.29) is 0 Å². The van der Waals surface area contributed by atoms with Crippen molar-refractivity contribution in [1.82, 2.24) is 4.31 Å². The Morgan fingerprint density at radius 1 is 0.931 bits per heavy atom. The average molecular weight is 423 g/mol. The van der Waals surface area contributed by atoms with Crippen LogP contribution in [0.3, 0.4) is 0 Å². The molecule has 29 heavy (non-hydrogen) atoms. The van der Waals surface area contributed by atoms with Gasteiger partial charge in [-0.3, -0.25) is 4.31 Å². The molecule has 151 valence electrons. The van der Waals surface area contributed by atoms with Gasteiger partial charge in [0.1, 0.15) is 0 Å². The molecule has 0 atom stereocenters. The maximum absolute atomic E-state index is 13.1. The maximum atomic E-state index is 13.1. The summed E-state index contributed by atoms with van der Waals surface area (Å²) in [5.41, 5.74) is 2.16. The van der Waals surface area contributed by atoms with Crippen LogP contribution < -0.4 is 0 Å². The molecule has 0 saturated heterocycles. The summed E-state index contributed by atoms with van der Waals surface area (Å²) in [4.78, 5) is 0.321. The molecule has 0 bridgehead atoms. The first-order valence-corrected chi connectivity index (χ1v) is 13.3. The zero-order chi connectivity index (χ0) is 21.0. The Hall–Kier alpha value is -2.37. The summed E-state index contributed by atoms with van der Waals surface area (Å²) in [6.07, 6.45) is 1.85. The highest BCUT2D eigenvalue weighted by atomic mass is 32.2. The normalized spacial score (nSPS) is 12.5. The van der Waals surface area contributed by atoms with Crippen LogP contribution in [0.4, 0.5) is 0 Å². The smallest absolute Gasteiger partial charge is 0.263 e. The molecule has 0 amide bonds. The second kappa shape index (κ2) is 8.97. The number of fused-ring (bicyclic) bond motifs is 1. The molecule has 0 aromatic heterocycles. The molecule has 3 aromatic rings. The van der Waals surface area contributed by atoms with Gasteiger partial charge in [0.2, 0.25) is 0 Å². The lowest BCUT2D eigenvalue weighted by molar-refractivity contribution is 0.539. The van der Waals surface area contributed by atoms with Crippen LogP contribution in [-0.2, 0) is 10.0 Å². The molecule has 0 spiro atoms. The van der Waals surface area contributed by atoms with Crippen molar-refractivity contribution in [1.29, 1.82) is 0 Å². The molecule has 5 heteroatoms. The Kier molecular flexibility index (Phi) is 6.60. The number of hydrogen-bond donors (Lipinski definition) is 0. The minimum atomic E-state index is -3.58. The average Bonchev–Trinajstić information content (AvgIpc) is 2.73. The first-order chi connectivity index (χ1) is 13.9. The van der Waals surface area contributed by atoms with Crippen molar-refractivity contribution < 1.29 is 8.42 Å². The zero-order valence-corrected chi connectivity index (χ0v) is 19.3. The van der Waals surface area contributed by atoms with Gasteiger partial charge in [0.15, 0.2) is 0 Å². The van der Waals surface area contributed by atoms with E-state index >= 15 is 0 Å². The Morgan fingerprint density at radius 2 is 1.55 bits per heavy atom. The highest BCUT2D eigenvalue weighted by Gasteiger charge is 2.22. The van der Waals surface area contributed by atoms with Crippen LogP contribution in [0.15, 0.2) is 77.8 Å². The lowest BCUT2D eigenvalue weighted by Gasteiger charge is -2.22. The van der Waals surface area contributed by atoms with Crippen molar-refractivity contribution in [2.45, 2.75) is 37.8 Å². The number of nitrogens with zero attached hydrogens (tertiary/aromatic N) is 1. The molecule has 3 aromatic carbocycles. The third-order valence-electron chi connectivity index (χ3n) is 5.30. The predicted octanol–water partition coefficient (Wildman–Crippen LogP) is 5.88. The van der Waals surface area contributed by atoms with Gasteiger partial charge >= 0.3 is 0 Å². The van der Waals surface area contributed by atoms with E-state index in [1.807, 2.05) is 37.4 Å². The first-order valence-electron chi connectivity index (χ1n) is 9.97. The van der Waals surface area contributed by atoms with Crippen molar-refractivity contribution >= 4 is 34.8 Å². The Morgan fingerprint density at radius 3 is 2.17 bits per heavy atom. The van der Waals surface area contributed by atoms with E-state index in [9.17, 15) is 8.42 Å². The molecule has 0 aliphatic carbocycles. The van der Waals surface area contributed by atoms with Crippen LogP contribution in [0.5, 0.6) is 0 Å². The standard InChI is InChI=1S/C24H28NO2SSi/c1-5-29(6-2)24(22-14-13-20-9-7-8-10-21(20)17-22)18-25(4)28(26,27)23-15-11-19(3)12-16-23/h7-18H,5-6H2,1-4H3/b24-18-. The van der Waals surface area contributed by atoms with Gasteiger partial charge in [0.25, 0.3) is 10.0 Å². The van der Waals surface area contributed by atoms with E-state index in [0.717, 1.165) is 28.4 Å². The van der Waals surface area contributed by atoms with E-state index in [1.54, 1.807) is 19.2 Å². The SMILES string of the molecule is CC[Si](CC)/C(=C\N(C)S(=O)(=O)c1ccc(C)cc1)c1ccc2ccccc2c1. The van der Waals surface area contributed by atoms with Crippen LogP contribution >= 0.6 is 0 Å². The fourth-order valence-electron chi connectivity index (χ4n) is 3.49. The molecule has 0 heterocycles. The maximum Gasteiger partial charge on any atom is 0.263 e. The third kappa shape index (κ3) is 4.62. The molecule has 0 aliphatic rings. The van der Waals surface area contributed by atoms with Gasteiger partial charge in [-0.2, -0.15) is 0 Å². The topological polar surface area (TPSA) is 37.4 Å². The van der Waals surface area contributed by atoms with Gasteiger partial charge in [0, 0.05) is 13.2 Å². The van der Waals surface area contributed by atoms with Crippen molar-refractivity contribution in [3.8, 4) is 0 Å². The van der Waals surface area contributed by atoms with Gasteiger partial charge < -0.3 is 0 Å². The number of sulfonamides is 1. The van der Waals surface area contributed by atoms with E-state index < -0.39 is 18.8 Å². The van der Waals surface area contributed by atoms with Gasteiger partial charge in [-0.05, 0) is 46.7 Å². The minimum absolute atomic E-state index is 0.321. The third-order valence-corrected chi connectivity index (χ3v) is 9.92. The second-order valence-electron chi connectivity index (χ2n) is 7.25. The van der Waals surface area contributed by atoms with E-state index in [0.29, 0.717) is 4.90 Å². The quantitative estimate of drug-likeness (QED) is 0.446. The van der Waals surface area contributed by atoms with Crippen LogP contribution in [0, 0.1) is 6.92 Å².